The van der Waals surface area contributed by atoms with Crippen molar-refractivity contribution in [3.8, 4) is 0 Å². The van der Waals surface area contributed by atoms with E-state index in [9.17, 15) is 19.7 Å². The molecule has 0 aromatic heterocycles. The third-order valence-electron chi connectivity index (χ3n) is 2.23. The van der Waals surface area contributed by atoms with Crippen LogP contribution in [0.15, 0.2) is 29.4 Å². The lowest BCUT2D eigenvalue weighted by molar-refractivity contribution is -0.384. The van der Waals surface area contributed by atoms with Gasteiger partial charge in [0.25, 0.3) is 5.69 Å². The number of carboxylic acids is 1. The van der Waals surface area contributed by atoms with E-state index in [1.54, 1.807) is 26.8 Å². The van der Waals surface area contributed by atoms with Crippen LogP contribution in [-0.4, -0.2) is 33.5 Å². The number of hydrogen-bond acceptors (Lipinski definition) is 7. The largest absolute Gasteiger partial charge is 0.481 e. The molecule has 0 spiro atoms. The number of carbonyl (C=O) groups excluding carboxylic acids is 1. The van der Waals surface area contributed by atoms with Gasteiger partial charge < -0.3 is 14.7 Å². The van der Waals surface area contributed by atoms with Gasteiger partial charge in [-0.2, -0.15) is 0 Å². The highest BCUT2D eigenvalue weighted by Crippen LogP contribution is 2.13. The number of nitro benzene ring substituents is 1. The van der Waals surface area contributed by atoms with Gasteiger partial charge in [-0.1, -0.05) is 12.1 Å². The normalized spacial score (nSPS) is 12.0. The van der Waals surface area contributed by atoms with Crippen molar-refractivity contribution in [3.63, 3.8) is 0 Å². The first-order valence-electron chi connectivity index (χ1n) is 6.52. The maximum Gasteiger partial charge on any atom is 0.400 e. The van der Waals surface area contributed by atoms with E-state index < -0.39 is 22.5 Å². The van der Waals surface area contributed by atoms with Gasteiger partial charge in [0.2, 0.25) is 0 Å². The van der Waals surface area contributed by atoms with E-state index in [4.69, 9.17) is 9.84 Å². The molecule has 23 heavy (non-hydrogen) atoms. The lowest BCUT2D eigenvalue weighted by Crippen LogP contribution is -2.25. The molecular formula is C14H16N2O7. The number of hydrogen-bond donors (Lipinski definition) is 1. The van der Waals surface area contributed by atoms with Crippen molar-refractivity contribution in [1.82, 2.24) is 0 Å². The molecule has 0 bridgehead atoms. The van der Waals surface area contributed by atoms with E-state index in [2.05, 4.69) is 9.99 Å². The van der Waals surface area contributed by atoms with Gasteiger partial charge in [0, 0.05) is 12.1 Å². The Morgan fingerprint density at radius 3 is 2.43 bits per heavy atom. The molecule has 0 fully saturated rings. The standard InChI is InChI=1S/C8H7NO4.C6H9NO3/c10-8(11)5-6-2-1-3-7(4-6)9(12)13;1-6(2,3)9-5(8)4-7-10-4/h1-4H,5H2,(H,10,11);1-3H3. The Bertz CT molecular complexity index is 647. The summed E-state index contributed by atoms with van der Waals surface area (Å²) >= 11 is 0. The van der Waals surface area contributed by atoms with Crippen LogP contribution in [0.3, 0.4) is 0 Å². The van der Waals surface area contributed by atoms with Gasteiger partial charge in [-0.05, 0) is 31.5 Å². The van der Waals surface area contributed by atoms with Crippen molar-refractivity contribution in [2.75, 3.05) is 0 Å². The van der Waals surface area contributed by atoms with Crippen molar-refractivity contribution in [2.24, 2.45) is 5.16 Å². The van der Waals surface area contributed by atoms with Crippen LogP contribution in [0.25, 0.3) is 0 Å². The van der Waals surface area contributed by atoms with Crippen molar-refractivity contribution < 1.29 is 29.2 Å². The van der Waals surface area contributed by atoms with Crippen molar-refractivity contribution in [2.45, 2.75) is 32.8 Å². The molecule has 0 unspecified atom stereocenters. The van der Waals surface area contributed by atoms with Gasteiger partial charge in [-0.25, -0.2) is 4.79 Å². The average molecular weight is 324 g/mol. The molecular weight excluding hydrogens is 308 g/mol. The Kier molecular flexibility index (Phi) is 5.77. The van der Waals surface area contributed by atoms with Gasteiger partial charge in [0.05, 0.1) is 11.3 Å². The first-order chi connectivity index (χ1) is 10.6. The number of carbonyl (C=O) groups is 2. The molecule has 0 saturated carbocycles. The van der Waals surface area contributed by atoms with Gasteiger partial charge in [0.1, 0.15) is 5.60 Å². The Hall–Kier alpha value is -2.97. The van der Waals surface area contributed by atoms with Crippen LogP contribution in [0, 0.1) is 10.1 Å². The summed E-state index contributed by atoms with van der Waals surface area (Å²) in [5.74, 6) is -1.43. The van der Waals surface area contributed by atoms with E-state index in [0.717, 1.165) is 0 Å². The molecule has 1 aromatic carbocycles. The Labute approximate surface area is 131 Å². The van der Waals surface area contributed by atoms with Gasteiger partial charge in [-0.15, -0.1) is 0 Å². The van der Waals surface area contributed by atoms with Crippen molar-refractivity contribution in [1.29, 1.82) is 0 Å². The van der Waals surface area contributed by atoms with E-state index in [1.807, 2.05) is 0 Å². The highest BCUT2D eigenvalue weighted by molar-refractivity contribution is 6.35. The number of ether oxygens (including phenoxy) is 1. The van der Waals surface area contributed by atoms with Crippen molar-refractivity contribution in [3.05, 3.63) is 39.9 Å². The number of benzene rings is 1. The summed E-state index contributed by atoms with van der Waals surface area (Å²) in [5.41, 5.74) is -0.119. The number of aliphatic carboxylic acids is 1. The van der Waals surface area contributed by atoms with Crippen LogP contribution < -0.4 is 0 Å². The third-order valence-corrected chi connectivity index (χ3v) is 2.23. The molecule has 1 heterocycles. The van der Waals surface area contributed by atoms with Crippen LogP contribution in [0.4, 0.5) is 5.69 Å². The SMILES string of the molecule is CC(C)(C)OC(=O)C1=NO1.O=C(O)Cc1cccc([N+](=O)[O-])c1. The summed E-state index contributed by atoms with van der Waals surface area (Å²) in [6, 6.07) is 5.59. The molecule has 1 N–H and O–H groups in total. The van der Waals surface area contributed by atoms with E-state index in [1.165, 1.54) is 18.2 Å². The number of esters is 1. The van der Waals surface area contributed by atoms with E-state index >= 15 is 0 Å². The number of oxime groups is 1. The number of nitrogens with zero attached hydrogens (tertiary/aromatic N) is 2. The lowest BCUT2D eigenvalue weighted by atomic mass is 10.1. The maximum absolute atomic E-state index is 10.7. The summed E-state index contributed by atoms with van der Waals surface area (Å²) in [7, 11) is 0. The molecule has 1 aromatic rings. The maximum atomic E-state index is 10.7. The number of nitro groups is 1. The fourth-order valence-corrected chi connectivity index (χ4v) is 1.37. The molecule has 1 aliphatic rings. The van der Waals surface area contributed by atoms with E-state index in [0.29, 0.717) is 5.56 Å². The van der Waals surface area contributed by atoms with Crippen LogP contribution in [0.5, 0.6) is 0 Å². The third kappa shape index (κ3) is 7.55. The minimum atomic E-state index is -1.000. The minimum Gasteiger partial charge on any atom is -0.481 e. The minimum absolute atomic E-state index is 0.0647. The molecule has 1 aliphatic heterocycles. The quantitative estimate of drug-likeness (QED) is 0.508. The summed E-state index contributed by atoms with van der Waals surface area (Å²) in [6.07, 6.45) is -0.193. The van der Waals surface area contributed by atoms with Crippen molar-refractivity contribution >= 4 is 23.5 Å². The Morgan fingerprint density at radius 1 is 1.39 bits per heavy atom. The highest BCUT2D eigenvalue weighted by Gasteiger charge is 2.30. The fourth-order valence-electron chi connectivity index (χ4n) is 1.37. The number of carboxylic acid groups (broad SMARTS) is 1. The monoisotopic (exact) mass is 324 g/mol. The molecule has 9 heteroatoms. The molecule has 9 nitrogen and oxygen atoms in total. The molecule has 0 atom stereocenters. The first kappa shape index (κ1) is 18.1. The van der Waals surface area contributed by atoms with E-state index in [-0.39, 0.29) is 18.0 Å². The molecule has 0 aliphatic carbocycles. The summed E-state index contributed by atoms with van der Waals surface area (Å²) in [4.78, 5) is 35.1. The predicted molar refractivity (Wildman–Crippen MR) is 78.8 cm³/mol. The molecule has 0 radical (unpaired) electrons. The summed E-state index contributed by atoms with van der Waals surface area (Å²) in [6.45, 7) is 5.36. The van der Waals surface area contributed by atoms with Gasteiger partial charge >= 0.3 is 17.8 Å². The molecule has 2 rings (SSSR count). The number of non-ortho nitro benzene ring substituents is 1. The smallest absolute Gasteiger partial charge is 0.400 e. The van der Waals surface area contributed by atoms with Gasteiger partial charge in [-0.3, -0.25) is 14.9 Å². The predicted octanol–water partition coefficient (Wildman–Crippen LogP) is 1.89. The van der Waals surface area contributed by atoms with Crippen LogP contribution >= 0.6 is 0 Å². The Balaban J connectivity index is 0.000000238. The highest BCUT2D eigenvalue weighted by atomic mass is 16.8. The summed E-state index contributed by atoms with van der Waals surface area (Å²) < 4.78 is 4.87. The Morgan fingerprint density at radius 2 is 2.00 bits per heavy atom. The van der Waals surface area contributed by atoms with Gasteiger partial charge in [0.15, 0.2) is 0 Å². The fraction of sp³-hybridized carbons (Fsp3) is 0.357. The molecule has 0 amide bonds. The van der Waals surface area contributed by atoms with Crippen LogP contribution in [0.1, 0.15) is 26.3 Å². The average Bonchev–Trinajstić information content (AvgIpc) is 3.21. The second kappa shape index (κ2) is 7.34. The first-order valence-corrected chi connectivity index (χ1v) is 6.52. The number of rotatable bonds is 4. The molecule has 0 saturated heterocycles. The van der Waals surface area contributed by atoms with Crippen LogP contribution in [-0.2, 0) is 25.6 Å². The lowest BCUT2D eigenvalue weighted by Gasteiger charge is -2.16. The second-order valence-corrected chi connectivity index (χ2v) is 5.49. The van der Waals surface area contributed by atoms with Crippen LogP contribution in [0.2, 0.25) is 0 Å². The topological polar surface area (TPSA) is 132 Å². The second-order valence-electron chi connectivity index (χ2n) is 5.49. The zero-order valence-electron chi connectivity index (χ0n) is 12.8. The zero-order valence-corrected chi connectivity index (χ0v) is 12.8. The molecule has 124 valence electrons. The summed E-state index contributed by atoms with van der Waals surface area (Å²) in [5, 5.41) is 22.0. The zero-order chi connectivity index (χ0) is 17.6.